The second-order valence-electron chi connectivity index (χ2n) is 6.73. The third-order valence-electron chi connectivity index (χ3n) is 4.53. The number of nitrogens with one attached hydrogen (secondary N) is 1. The van der Waals surface area contributed by atoms with Gasteiger partial charge in [0.1, 0.15) is 0 Å². The molecule has 0 atom stereocenters. The second-order valence-corrected chi connectivity index (χ2v) is 7.57. The SMILES string of the molecule is CC(=O)c1cccc(NC(=O)Cc2csc3nc(-c4ccc(C)cc4)cn23)c1. The van der Waals surface area contributed by atoms with Crippen molar-refractivity contribution in [3.63, 3.8) is 0 Å². The Morgan fingerprint density at radius 3 is 2.68 bits per heavy atom. The van der Waals surface area contributed by atoms with Crippen molar-refractivity contribution in [2.24, 2.45) is 0 Å². The molecule has 0 aliphatic carbocycles. The summed E-state index contributed by atoms with van der Waals surface area (Å²) >= 11 is 1.51. The van der Waals surface area contributed by atoms with Gasteiger partial charge in [0, 0.05) is 34.1 Å². The molecule has 2 aromatic carbocycles. The first-order chi connectivity index (χ1) is 13.5. The van der Waals surface area contributed by atoms with Gasteiger partial charge in [-0.15, -0.1) is 11.3 Å². The van der Waals surface area contributed by atoms with Crippen molar-refractivity contribution in [3.8, 4) is 11.3 Å². The van der Waals surface area contributed by atoms with Crippen LogP contribution in [0.5, 0.6) is 0 Å². The quantitative estimate of drug-likeness (QED) is 0.501. The third kappa shape index (κ3) is 3.73. The van der Waals surface area contributed by atoms with E-state index in [1.54, 1.807) is 24.3 Å². The lowest BCUT2D eigenvalue weighted by Gasteiger charge is -2.06. The van der Waals surface area contributed by atoms with Gasteiger partial charge >= 0.3 is 0 Å². The molecule has 0 radical (unpaired) electrons. The Kier molecular flexibility index (Phi) is 4.79. The highest BCUT2D eigenvalue weighted by Crippen LogP contribution is 2.24. The number of benzene rings is 2. The number of hydrogen-bond acceptors (Lipinski definition) is 4. The Hall–Kier alpha value is -3.25. The molecule has 1 N–H and O–H groups in total. The van der Waals surface area contributed by atoms with E-state index in [2.05, 4.69) is 41.5 Å². The maximum Gasteiger partial charge on any atom is 0.230 e. The van der Waals surface area contributed by atoms with Crippen molar-refractivity contribution >= 4 is 33.7 Å². The molecule has 0 saturated heterocycles. The number of hydrogen-bond donors (Lipinski definition) is 1. The summed E-state index contributed by atoms with van der Waals surface area (Å²) in [5, 5.41) is 4.82. The number of aryl methyl sites for hydroxylation is 1. The van der Waals surface area contributed by atoms with Crippen LogP contribution in [0, 0.1) is 6.92 Å². The van der Waals surface area contributed by atoms with Crippen LogP contribution in [0.25, 0.3) is 16.2 Å². The number of anilines is 1. The zero-order valence-electron chi connectivity index (χ0n) is 15.6. The topological polar surface area (TPSA) is 63.5 Å². The normalized spacial score (nSPS) is 10.9. The van der Waals surface area contributed by atoms with Crippen LogP contribution in [0.4, 0.5) is 5.69 Å². The Labute approximate surface area is 166 Å². The third-order valence-corrected chi connectivity index (χ3v) is 5.41. The average Bonchev–Trinajstić information content (AvgIpc) is 3.24. The fraction of sp³-hybridized carbons (Fsp3) is 0.136. The minimum absolute atomic E-state index is 0.0299. The van der Waals surface area contributed by atoms with Crippen molar-refractivity contribution in [3.05, 3.63) is 76.9 Å². The summed E-state index contributed by atoms with van der Waals surface area (Å²) in [6, 6.07) is 15.2. The highest BCUT2D eigenvalue weighted by molar-refractivity contribution is 7.15. The average molecular weight is 389 g/mol. The van der Waals surface area contributed by atoms with Crippen LogP contribution in [-0.2, 0) is 11.2 Å². The van der Waals surface area contributed by atoms with Gasteiger partial charge in [-0.25, -0.2) is 4.98 Å². The van der Waals surface area contributed by atoms with E-state index < -0.39 is 0 Å². The van der Waals surface area contributed by atoms with Crippen LogP contribution in [0.1, 0.15) is 28.5 Å². The molecule has 0 fully saturated rings. The molecule has 0 unspecified atom stereocenters. The fourth-order valence-electron chi connectivity index (χ4n) is 3.01. The second kappa shape index (κ2) is 7.40. The van der Waals surface area contributed by atoms with Gasteiger partial charge in [-0.05, 0) is 26.0 Å². The molecular weight excluding hydrogens is 370 g/mol. The first-order valence-electron chi connectivity index (χ1n) is 8.93. The Morgan fingerprint density at radius 2 is 1.93 bits per heavy atom. The van der Waals surface area contributed by atoms with E-state index in [0.29, 0.717) is 11.3 Å². The summed E-state index contributed by atoms with van der Waals surface area (Å²) in [6.07, 6.45) is 2.20. The summed E-state index contributed by atoms with van der Waals surface area (Å²) in [4.78, 5) is 29.5. The van der Waals surface area contributed by atoms with E-state index in [-0.39, 0.29) is 18.1 Å². The molecule has 0 saturated carbocycles. The molecule has 6 heteroatoms. The van der Waals surface area contributed by atoms with E-state index in [9.17, 15) is 9.59 Å². The van der Waals surface area contributed by atoms with Crippen molar-refractivity contribution < 1.29 is 9.59 Å². The minimum atomic E-state index is -0.133. The molecule has 4 rings (SSSR count). The predicted octanol–water partition coefficient (Wildman–Crippen LogP) is 4.76. The van der Waals surface area contributed by atoms with Gasteiger partial charge in [0.05, 0.1) is 12.1 Å². The Bertz CT molecular complexity index is 1170. The number of imidazole rings is 1. The number of rotatable bonds is 5. The van der Waals surface area contributed by atoms with Gasteiger partial charge in [-0.3, -0.25) is 14.0 Å². The van der Waals surface area contributed by atoms with Gasteiger partial charge in [0.15, 0.2) is 10.7 Å². The molecule has 140 valence electrons. The Balaban J connectivity index is 1.53. The van der Waals surface area contributed by atoms with E-state index in [1.165, 1.54) is 23.8 Å². The number of ketones is 1. The summed E-state index contributed by atoms with van der Waals surface area (Å²) in [5.74, 6) is -0.163. The number of fused-ring (bicyclic) bond motifs is 1. The minimum Gasteiger partial charge on any atom is -0.326 e. The molecule has 2 heterocycles. The number of aromatic nitrogens is 2. The number of thiazole rings is 1. The zero-order valence-corrected chi connectivity index (χ0v) is 16.4. The van der Waals surface area contributed by atoms with Crippen LogP contribution < -0.4 is 5.32 Å². The fourth-order valence-corrected chi connectivity index (χ4v) is 3.88. The lowest BCUT2D eigenvalue weighted by atomic mass is 10.1. The molecule has 28 heavy (non-hydrogen) atoms. The smallest absolute Gasteiger partial charge is 0.230 e. The lowest BCUT2D eigenvalue weighted by molar-refractivity contribution is -0.115. The van der Waals surface area contributed by atoms with Crippen molar-refractivity contribution in [2.75, 3.05) is 5.32 Å². The van der Waals surface area contributed by atoms with Crippen LogP contribution in [0.15, 0.2) is 60.1 Å². The molecule has 0 aliphatic heterocycles. The van der Waals surface area contributed by atoms with E-state index in [0.717, 1.165) is 21.9 Å². The first kappa shape index (κ1) is 18.1. The van der Waals surface area contributed by atoms with Crippen LogP contribution in [0.3, 0.4) is 0 Å². The number of amides is 1. The summed E-state index contributed by atoms with van der Waals surface area (Å²) in [5.41, 5.74) is 5.23. The zero-order chi connectivity index (χ0) is 19.7. The number of carbonyl (C=O) groups is 2. The lowest BCUT2D eigenvalue weighted by Crippen LogP contribution is -2.15. The number of Topliss-reactive ketones (excluding diaryl/α,β-unsaturated/α-hetero) is 1. The van der Waals surface area contributed by atoms with Crippen molar-refractivity contribution in [2.45, 2.75) is 20.3 Å². The molecule has 0 bridgehead atoms. The molecule has 5 nitrogen and oxygen atoms in total. The number of carbonyl (C=O) groups excluding carboxylic acids is 2. The molecule has 1 amide bonds. The first-order valence-corrected chi connectivity index (χ1v) is 9.81. The molecule has 2 aromatic heterocycles. The van der Waals surface area contributed by atoms with Gasteiger partial charge in [0.2, 0.25) is 5.91 Å². The highest BCUT2D eigenvalue weighted by Gasteiger charge is 2.13. The maximum atomic E-state index is 12.5. The van der Waals surface area contributed by atoms with E-state index >= 15 is 0 Å². The summed E-state index contributed by atoms with van der Waals surface area (Å²) < 4.78 is 1.96. The largest absolute Gasteiger partial charge is 0.326 e. The monoisotopic (exact) mass is 389 g/mol. The molecule has 0 spiro atoms. The highest BCUT2D eigenvalue weighted by atomic mass is 32.1. The van der Waals surface area contributed by atoms with Gasteiger partial charge in [-0.1, -0.05) is 42.0 Å². The van der Waals surface area contributed by atoms with E-state index in [1.807, 2.05) is 16.0 Å². The van der Waals surface area contributed by atoms with Gasteiger partial charge in [-0.2, -0.15) is 0 Å². The molecular formula is C22H19N3O2S. The maximum absolute atomic E-state index is 12.5. The molecule has 4 aromatic rings. The van der Waals surface area contributed by atoms with Crippen LogP contribution >= 0.6 is 11.3 Å². The summed E-state index contributed by atoms with van der Waals surface area (Å²) in [6.45, 7) is 3.56. The predicted molar refractivity (Wildman–Crippen MR) is 112 cm³/mol. The number of nitrogens with zero attached hydrogens (tertiary/aromatic N) is 2. The van der Waals surface area contributed by atoms with Crippen LogP contribution in [-0.4, -0.2) is 21.1 Å². The van der Waals surface area contributed by atoms with E-state index in [4.69, 9.17) is 0 Å². The Morgan fingerprint density at radius 1 is 1.14 bits per heavy atom. The van der Waals surface area contributed by atoms with Gasteiger partial charge in [0.25, 0.3) is 0 Å². The van der Waals surface area contributed by atoms with Crippen molar-refractivity contribution in [1.82, 2.24) is 9.38 Å². The van der Waals surface area contributed by atoms with Gasteiger partial charge < -0.3 is 5.32 Å². The molecule has 0 aliphatic rings. The standard InChI is InChI=1S/C22H19N3O2S/c1-14-6-8-16(9-7-14)20-12-25-19(13-28-22(25)24-20)11-21(27)23-18-5-3-4-17(10-18)15(2)26/h3-10,12-13H,11H2,1-2H3,(H,23,27). The summed E-state index contributed by atoms with van der Waals surface area (Å²) in [7, 11) is 0. The van der Waals surface area contributed by atoms with Crippen molar-refractivity contribution in [1.29, 1.82) is 0 Å². The van der Waals surface area contributed by atoms with Crippen LogP contribution in [0.2, 0.25) is 0 Å².